The number of ether oxygens (including phenoxy) is 1. The zero-order valence-electron chi connectivity index (χ0n) is 18.9. The van der Waals surface area contributed by atoms with Gasteiger partial charge < -0.3 is 4.74 Å². The number of hydrogen-bond acceptors (Lipinski definition) is 5. The smallest absolute Gasteiger partial charge is 0.270 e. The molecule has 0 saturated carbocycles. The number of para-hydroxylation sites is 2. The molecule has 33 heavy (non-hydrogen) atoms. The van der Waals surface area contributed by atoms with Crippen molar-refractivity contribution in [3.05, 3.63) is 105 Å². The van der Waals surface area contributed by atoms with Gasteiger partial charge in [-0.05, 0) is 40.3 Å². The van der Waals surface area contributed by atoms with Gasteiger partial charge >= 0.3 is 0 Å². The highest BCUT2D eigenvalue weighted by atomic mass is 16.6. The first-order chi connectivity index (χ1) is 15.8. The maximum absolute atomic E-state index is 11.1. The monoisotopic (exact) mass is 439 g/mol. The third-order valence-electron chi connectivity index (χ3n) is 5.27. The molecule has 0 bridgehead atoms. The number of nitro groups is 1. The highest BCUT2D eigenvalue weighted by molar-refractivity contribution is 5.79. The van der Waals surface area contributed by atoms with Gasteiger partial charge in [-0.15, -0.1) is 0 Å². The fraction of sp³-hybridized carbons (Fsp3) is 0.185. The molecule has 0 aliphatic heterocycles. The summed E-state index contributed by atoms with van der Waals surface area (Å²) in [5.74, 6) is 0.412. The van der Waals surface area contributed by atoms with Crippen molar-refractivity contribution in [2.45, 2.75) is 32.8 Å². The van der Waals surface area contributed by atoms with Crippen molar-refractivity contribution in [2.75, 3.05) is 0 Å². The molecule has 6 nitrogen and oxygen atoms in total. The lowest BCUT2D eigenvalue weighted by molar-refractivity contribution is -0.384. The first-order valence-electron chi connectivity index (χ1n) is 10.7. The lowest BCUT2D eigenvalue weighted by atomic mass is 9.87. The molecule has 0 amide bonds. The van der Waals surface area contributed by atoms with E-state index < -0.39 is 4.92 Å². The van der Waals surface area contributed by atoms with Crippen molar-refractivity contribution in [3.8, 4) is 5.88 Å². The minimum absolute atomic E-state index is 0.0388. The summed E-state index contributed by atoms with van der Waals surface area (Å²) in [7, 11) is 0. The quantitative estimate of drug-likeness (QED) is 0.250. The van der Waals surface area contributed by atoms with Crippen LogP contribution < -0.4 is 4.74 Å². The number of fused-ring (bicyclic) bond motifs is 1. The summed E-state index contributed by atoms with van der Waals surface area (Å²) in [4.78, 5) is 20.0. The van der Waals surface area contributed by atoms with Crippen molar-refractivity contribution in [2.24, 2.45) is 0 Å². The molecule has 4 rings (SSSR count). The van der Waals surface area contributed by atoms with Crippen LogP contribution in [0.4, 0.5) is 5.69 Å². The van der Waals surface area contributed by atoms with Gasteiger partial charge in [-0.2, -0.15) is 0 Å². The van der Waals surface area contributed by atoms with Crippen LogP contribution in [0.15, 0.2) is 72.8 Å². The Labute approximate surface area is 192 Å². The summed E-state index contributed by atoms with van der Waals surface area (Å²) >= 11 is 0. The molecular formula is C27H25N3O3. The number of nitrogens with zero attached hydrogens (tertiary/aromatic N) is 3. The zero-order valence-corrected chi connectivity index (χ0v) is 18.9. The number of hydrogen-bond donors (Lipinski definition) is 0. The molecule has 0 fully saturated rings. The summed E-state index contributed by atoms with van der Waals surface area (Å²) in [6.45, 7) is 6.91. The molecule has 0 saturated heterocycles. The Bertz CT molecular complexity index is 1320. The van der Waals surface area contributed by atoms with Gasteiger partial charge in [0.2, 0.25) is 5.88 Å². The van der Waals surface area contributed by atoms with Gasteiger partial charge in [-0.25, -0.2) is 9.97 Å². The molecule has 166 valence electrons. The lowest BCUT2D eigenvalue weighted by Crippen LogP contribution is -2.11. The van der Waals surface area contributed by atoms with Gasteiger partial charge in [0.25, 0.3) is 5.69 Å². The molecule has 0 radical (unpaired) electrons. The second kappa shape index (κ2) is 9.20. The van der Waals surface area contributed by atoms with Gasteiger partial charge in [0.15, 0.2) is 0 Å². The average Bonchev–Trinajstić information content (AvgIpc) is 2.81. The van der Waals surface area contributed by atoms with Crippen LogP contribution in [0.5, 0.6) is 5.88 Å². The summed E-state index contributed by atoms with van der Waals surface area (Å²) in [6.07, 6.45) is 3.55. The van der Waals surface area contributed by atoms with E-state index in [0.29, 0.717) is 23.7 Å². The summed E-state index contributed by atoms with van der Waals surface area (Å²) in [6, 6.07) is 22.4. The molecule has 3 aromatic carbocycles. The fourth-order valence-electron chi connectivity index (χ4n) is 3.38. The normalized spacial score (nSPS) is 11.7. The summed E-state index contributed by atoms with van der Waals surface area (Å²) in [5, 5.41) is 11.1. The molecule has 1 heterocycles. The van der Waals surface area contributed by atoms with E-state index in [-0.39, 0.29) is 11.1 Å². The van der Waals surface area contributed by atoms with E-state index in [1.165, 1.54) is 17.7 Å². The predicted molar refractivity (Wildman–Crippen MR) is 131 cm³/mol. The predicted octanol–water partition coefficient (Wildman–Crippen LogP) is 6.58. The van der Waals surface area contributed by atoms with E-state index in [4.69, 9.17) is 9.72 Å². The number of benzene rings is 3. The number of rotatable bonds is 6. The molecule has 6 heteroatoms. The second-order valence-electron chi connectivity index (χ2n) is 8.82. The highest BCUT2D eigenvalue weighted by Gasteiger charge is 2.13. The lowest BCUT2D eigenvalue weighted by Gasteiger charge is -2.19. The minimum Gasteiger partial charge on any atom is -0.471 e. The summed E-state index contributed by atoms with van der Waals surface area (Å²) in [5.41, 5.74) is 5.17. The third-order valence-corrected chi connectivity index (χ3v) is 5.27. The highest BCUT2D eigenvalue weighted by Crippen LogP contribution is 2.25. The van der Waals surface area contributed by atoms with Crippen LogP contribution in [0.3, 0.4) is 0 Å². The van der Waals surface area contributed by atoms with Crippen LogP contribution >= 0.6 is 0 Å². The Morgan fingerprint density at radius 3 is 2.27 bits per heavy atom. The molecule has 0 spiro atoms. The van der Waals surface area contributed by atoms with Crippen molar-refractivity contribution in [1.29, 1.82) is 0 Å². The van der Waals surface area contributed by atoms with Crippen molar-refractivity contribution in [1.82, 2.24) is 9.97 Å². The SMILES string of the molecule is CC(C)(C)c1ccc(COc2nc3ccccc3nc2/C=C/c2cccc([N+](=O)[O-])c2)cc1. The number of nitro benzene ring substituents is 1. The average molecular weight is 440 g/mol. The third kappa shape index (κ3) is 5.41. The van der Waals surface area contributed by atoms with Gasteiger partial charge in [0, 0.05) is 12.1 Å². The van der Waals surface area contributed by atoms with Crippen LogP contribution in [0.1, 0.15) is 43.2 Å². The van der Waals surface area contributed by atoms with Crippen LogP contribution in [0.25, 0.3) is 23.2 Å². The summed E-state index contributed by atoms with van der Waals surface area (Å²) < 4.78 is 6.07. The Balaban J connectivity index is 1.62. The van der Waals surface area contributed by atoms with E-state index in [9.17, 15) is 10.1 Å². The first-order valence-corrected chi connectivity index (χ1v) is 10.7. The molecular weight excluding hydrogens is 414 g/mol. The molecule has 1 aromatic heterocycles. The number of non-ortho nitro benzene ring substituents is 1. The fourth-order valence-corrected chi connectivity index (χ4v) is 3.38. The molecule has 0 aliphatic carbocycles. The van der Waals surface area contributed by atoms with Crippen LogP contribution in [0.2, 0.25) is 0 Å². The minimum atomic E-state index is -0.410. The Hall–Kier alpha value is -4.06. The topological polar surface area (TPSA) is 78.2 Å². The molecule has 0 atom stereocenters. The van der Waals surface area contributed by atoms with E-state index in [2.05, 4.69) is 50.0 Å². The van der Waals surface area contributed by atoms with Gasteiger partial charge in [-0.1, -0.05) is 75.4 Å². The van der Waals surface area contributed by atoms with E-state index >= 15 is 0 Å². The zero-order chi connectivity index (χ0) is 23.4. The largest absolute Gasteiger partial charge is 0.471 e. The number of aromatic nitrogens is 2. The molecule has 4 aromatic rings. The van der Waals surface area contributed by atoms with Gasteiger partial charge in [0.05, 0.1) is 16.0 Å². The van der Waals surface area contributed by atoms with Crippen LogP contribution in [-0.2, 0) is 12.0 Å². The van der Waals surface area contributed by atoms with Crippen LogP contribution in [-0.4, -0.2) is 14.9 Å². The maximum Gasteiger partial charge on any atom is 0.270 e. The maximum atomic E-state index is 11.1. The second-order valence-corrected chi connectivity index (χ2v) is 8.82. The van der Waals surface area contributed by atoms with Crippen molar-refractivity contribution in [3.63, 3.8) is 0 Å². The van der Waals surface area contributed by atoms with E-state index in [0.717, 1.165) is 16.6 Å². The van der Waals surface area contributed by atoms with Crippen molar-refractivity contribution >= 4 is 28.9 Å². The molecule has 0 unspecified atom stereocenters. The van der Waals surface area contributed by atoms with Gasteiger partial charge in [0.1, 0.15) is 12.3 Å². The molecule has 0 aliphatic rings. The first kappa shape index (κ1) is 22.1. The Morgan fingerprint density at radius 1 is 0.909 bits per heavy atom. The standard InChI is InChI=1S/C27H25N3O3/c1-27(2,3)21-14-11-20(12-15-21)18-33-26-25(28-23-9-4-5-10-24(23)29-26)16-13-19-7-6-8-22(17-19)30(31)32/h4-17H,18H2,1-3H3/b16-13+. The van der Waals surface area contributed by atoms with Gasteiger partial charge in [-0.3, -0.25) is 10.1 Å². The van der Waals surface area contributed by atoms with Crippen LogP contribution in [0, 0.1) is 10.1 Å². The Kier molecular flexibility index (Phi) is 6.18. The Morgan fingerprint density at radius 2 is 1.61 bits per heavy atom. The van der Waals surface area contributed by atoms with E-state index in [1.807, 2.05) is 24.3 Å². The van der Waals surface area contributed by atoms with E-state index in [1.54, 1.807) is 24.3 Å². The molecule has 0 N–H and O–H groups in total. The van der Waals surface area contributed by atoms with Crippen molar-refractivity contribution < 1.29 is 9.66 Å².